The van der Waals surface area contributed by atoms with Crippen molar-refractivity contribution in [3.63, 3.8) is 0 Å². The van der Waals surface area contributed by atoms with Crippen LogP contribution in [0.1, 0.15) is 18.4 Å². The summed E-state index contributed by atoms with van der Waals surface area (Å²) in [6, 6.07) is 7.50. The molecule has 0 radical (unpaired) electrons. The molecular weight excluding hydrogens is 338 g/mol. The Morgan fingerprint density at radius 1 is 1.33 bits per heavy atom. The second-order valence-electron chi connectivity index (χ2n) is 5.28. The number of nitrogens with one attached hydrogen (secondary N) is 1. The maximum Gasteiger partial charge on any atom is 0.311 e. The van der Waals surface area contributed by atoms with Crippen molar-refractivity contribution in [3.8, 4) is 0 Å². The number of amides is 1. The Balaban J connectivity index is 1.91. The van der Waals surface area contributed by atoms with Crippen LogP contribution in [0.4, 0.5) is 0 Å². The summed E-state index contributed by atoms with van der Waals surface area (Å²) in [5, 5.41) is 12.2. The van der Waals surface area contributed by atoms with Gasteiger partial charge in [0.2, 0.25) is 5.91 Å². The van der Waals surface area contributed by atoms with E-state index in [9.17, 15) is 14.7 Å². The first kappa shape index (κ1) is 16.0. The third kappa shape index (κ3) is 4.28. The van der Waals surface area contributed by atoms with Gasteiger partial charge < -0.3 is 15.2 Å². The molecule has 21 heavy (non-hydrogen) atoms. The normalized spacial score (nSPS) is 17.2. The van der Waals surface area contributed by atoms with Gasteiger partial charge in [-0.25, -0.2) is 0 Å². The van der Waals surface area contributed by atoms with Gasteiger partial charge in [0.25, 0.3) is 0 Å². The van der Waals surface area contributed by atoms with Crippen LogP contribution in [0.3, 0.4) is 0 Å². The van der Waals surface area contributed by atoms with Crippen LogP contribution in [-0.2, 0) is 20.7 Å². The van der Waals surface area contributed by atoms with E-state index in [0.29, 0.717) is 26.1 Å². The zero-order valence-corrected chi connectivity index (χ0v) is 13.2. The molecule has 0 spiro atoms. The molecule has 1 aromatic rings. The van der Waals surface area contributed by atoms with Gasteiger partial charge in [-0.3, -0.25) is 9.59 Å². The number of carboxylic acid groups (broad SMARTS) is 1. The summed E-state index contributed by atoms with van der Waals surface area (Å²) in [5.74, 6) is -1.03. The van der Waals surface area contributed by atoms with Crippen LogP contribution in [-0.4, -0.2) is 36.7 Å². The van der Waals surface area contributed by atoms with Crippen LogP contribution in [0.2, 0.25) is 0 Å². The molecule has 1 saturated heterocycles. The predicted octanol–water partition coefficient (Wildman–Crippen LogP) is 1.99. The number of carbonyl (C=O) groups excluding carboxylic acids is 1. The first-order valence-corrected chi connectivity index (χ1v) is 7.63. The second-order valence-corrected chi connectivity index (χ2v) is 6.20. The SMILES string of the molecule is O=C(Cc1cccc(Br)c1)NCC1(C(=O)O)CCOCC1. The fraction of sp³-hybridized carbons (Fsp3) is 0.467. The Morgan fingerprint density at radius 3 is 2.67 bits per heavy atom. The first-order chi connectivity index (χ1) is 10.0. The lowest BCUT2D eigenvalue weighted by Crippen LogP contribution is -2.46. The zero-order valence-electron chi connectivity index (χ0n) is 11.6. The van der Waals surface area contributed by atoms with Crippen molar-refractivity contribution in [3.05, 3.63) is 34.3 Å². The molecule has 2 rings (SSSR count). The summed E-state index contributed by atoms with van der Waals surface area (Å²) >= 11 is 3.36. The van der Waals surface area contributed by atoms with Gasteiger partial charge in [-0.05, 0) is 30.5 Å². The molecule has 0 aliphatic carbocycles. The molecule has 1 heterocycles. The quantitative estimate of drug-likeness (QED) is 0.846. The molecule has 6 heteroatoms. The Labute approximate surface area is 131 Å². The van der Waals surface area contributed by atoms with Gasteiger partial charge in [0.1, 0.15) is 0 Å². The zero-order chi connectivity index (χ0) is 15.3. The van der Waals surface area contributed by atoms with Gasteiger partial charge in [0.05, 0.1) is 11.8 Å². The minimum absolute atomic E-state index is 0.151. The average Bonchev–Trinajstić information content (AvgIpc) is 2.46. The number of carbonyl (C=O) groups is 2. The lowest BCUT2D eigenvalue weighted by molar-refractivity contribution is -0.154. The van der Waals surface area contributed by atoms with Gasteiger partial charge in [0.15, 0.2) is 0 Å². The molecule has 1 aliphatic rings. The number of aliphatic carboxylic acids is 1. The Bertz CT molecular complexity index is 526. The third-order valence-electron chi connectivity index (χ3n) is 3.78. The van der Waals surface area contributed by atoms with E-state index in [4.69, 9.17) is 4.74 Å². The number of benzene rings is 1. The van der Waals surface area contributed by atoms with Crippen LogP contribution in [0.15, 0.2) is 28.7 Å². The third-order valence-corrected chi connectivity index (χ3v) is 4.27. The highest BCUT2D eigenvalue weighted by Crippen LogP contribution is 2.30. The number of carboxylic acids is 1. The highest BCUT2D eigenvalue weighted by Gasteiger charge is 2.40. The number of halogens is 1. The van der Waals surface area contributed by atoms with E-state index in [1.807, 2.05) is 24.3 Å². The summed E-state index contributed by atoms with van der Waals surface area (Å²) < 4.78 is 6.13. The van der Waals surface area contributed by atoms with Crippen LogP contribution in [0.5, 0.6) is 0 Å². The highest BCUT2D eigenvalue weighted by molar-refractivity contribution is 9.10. The molecule has 2 N–H and O–H groups in total. The molecule has 1 aliphatic heterocycles. The van der Waals surface area contributed by atoms with Crippen molar-refractivity contribution in [1.82, 2.24) is 5.32 Å². The van der Waals surface area contributed by atoms with Gasteiger partial charge in [-0.1, -0.05) is 28.1 Å². The van der Waals surface area contributed by atoms with E-state index in [1.165, 1.54) is 0 Å². The molecule has 0 aromatic heterocycles. The monoisotopic (exact) mass is 355 g/mol. The van der Waals surface area contributed by atoms with Gasteiger partial charge in [-0.15, -0.1) is 0 Å². The Kier molecular flexibility index (Phi) is 5.36. The standard InChI is InChI=1S/C15H18BrNO4/c16-12-3-1-2-11(8-12)9-13(18)17-10-15(14(19)20)4-6-21-7-5-15/h1-3,8H,4-7,9-10H2,(H,17,18)(H,19,20). The Hall–Kier alpha value is -1.40. The van der Waals surface area contributed by atoms with Crippen molar-refractivity contribution >= 4 is 27.8 Å². The number of ether oxygens (including phenoxy) is 1. The van der Waals surface area contributed by atoms with Crippen molar-refractivity contribution < 1.29 is 19.4 Å². The highest BCUT2D eigenvalue weighted by atomic mass is 79.9. The average molecular weight is 356 g/mol. The summed E-state index contributed by atoms with van der Waals surface area (Å²) in [7, 11) is 0. The maximum atomic E-state index is 12.0. The van der Waals surface area contributed by atoms with E-state index >= 15 is 0 Å². The fourth-order valence-electron chi connectivity index (χ4n) is 2.39. The molecule has 114 valence electrons. The van der Waals surface area contributed by atoms with Crippen molar-refractivity contribution in [1.29, 1.82) is 0 Å². The molecule has 1 aromatic carbocycles. The summed E-state index contributed by atoms with van der Waals surface area (Å²) in [6.07, 6.45) is 1.10. The minimum atomic E-state index is -0.898. The topological polar surface area (TPSA) is 75.6 Å². The van der Waals surface area contributed by atoms with Crippen molar-refractivity contribution in [2.45, 2.75) is 19.3 Å². The van der Waals surface area contributed by atoms with E-state index in [2.05, 4.69) is 21.2 Å². The molecule has 5 nitrogen and oxygen atoms in total. The van der Waals surface area contributed by atoms with E-state index < -0.39 is 11.4 Å². The molecule has 1 fully saturated rings. The summed E-state index contributed by atoms with van der Waals surface area (Å²) in [5.41, 5.74) is -0.0104. The number of rotatable bonds is 5. The minimum Gasteiger partial charge on any atom is -0.481 e. The molecule has 1 amide bonds. The summed E-state index contributed by atoms with van der Waals surface area (Å²) in [4.78, 5) is 23.5. The molecule has 0 bridgehead atoms. The number of hydrogen-bond donors (Lipinski definition) is 2. The van der Waals surface area contributed by atoms with Crippen LogP contribution in [0, 0.1) is 5.41 Å². The van der Waals surface area contributed by atoms with Gasteiger partial charge >= 0.3 is 5.97 Å². The largest absolute Gasteiger partial charge is 0.481 e. The maximum absolute atomic E-state index is 12.0. The van der Waals surface area contributed by atoms with Crippen LogP contribution >= 0.6 is 15.9 Å². The molecule has 0 unspecified atom stereocenters. The smallest absolute Gasteiger partial charge is 0.311 e. The van der Waals surface area contributed by atoms with Gasteiger partial charge in [-0.2, -0.15) is 0 Å². The van der Waals surface area contributed by atoms with E-state index in [0.717, 1.165) is 10.0 Å². The number of hydrogen-bond acceptors (Lipinski definition) is 3. The van der Waals surface area contributed by atoms with Crippen molar-refractivity contribution in [2.75, 3.05) is 19.8 Å². The molecule has 0 saturated carbocycles. The van der Waals surface area contributed by atoms with Crippen LogP contribution < -0.4 is 5.32 Å². The van der Waals surface area contributed by atoms with Crippen LogP contribution in [0.25, 0.3) is 0 Å². The first-order valence-electron chi connectivity index (χ1n) is 6.84. The molecular formula is C15H18BrNO4. The summed E-state index contributed by atoms with van der Waals surface area (Å²) in [6.45, 7) is 1.00. The van der Waals surface area contributed by atoms with E-state index in [-0.39, 0.29) is 18.9 Å². The van der Waals surface area contributed by atoms with E-state index in [1.54, 1.807) is 0 Å². The van der Waals surface area contributed by atoms with Gasteiger partial charge in [0, 0.05) is 24.2 Å². The lowest BCUT2D eigenvalue weighted by Gasteiger charge is -2.33. The second kappa shape index (κ2) is 7.04. The predicted molar refractivity (Wildman–Crippen MR) is 81.0 cm³/mol. The van der Waals surface area contributed by atoms with Crippen molar-refractivity contribution in [2.24, 2.45) is 5.41 Å². The fourth-order valence-corrected chi connectivity index (χ4v) is 2.84. The lowest BCUT2D eigenvalue weighted by atomic mass is 9.80. The molecule has 0 atom stereocenters. The Morgan fingerprint density at radius 2 is 2.05 bits per heavy atom.